The number of amides is 1. The quantitative estimate of drug-likeness (QED) is 0.867. The number of ether oxygens (including phenoxy) is 1. The molecule has 0 radical (unpaired) electrons. The highest BCUT2D eigenvalue weighted by molar-refractivity contribution is 5.94. The zero-order valence-corrected chi connectivity index (χ0v) is 10.5. The van der Waals surface area contributed by atoms with Crippen LogP contribution >= 0.6 is 0 Å². The number of aryl methyl sites for hydroxylation is 1. The lowest BCUT2D eigenvalue weighted by Crippen LogP contribution is -2.19. The third kappa shape index (κ3) is 2.78. The van der Waals surface area contributed by atoms with Crippen LogP contribution in [0.25, 0.3) is 0 Å². The first-order chi connectivity index (χ1) is 8.22. The first kappa shape index (κ1) is 12.0. The molecule has 2 rings (SSSR count). The molecular formula is C14H19NO2. The minimum Gasteiger partial charge on any atom is -0.490 e. The van der Waals surface area contributed by atoms with Gasteiger partial charge in [-0.25, -0.2) is 0 Å². The molecule has 1 aliphatic rings. The smallest absolute Gasteiger partial charge is 0.224 e. The second-order valence-corrected chi connectivity index (χ2v) is 4.42. The lowest BCUT2D eigenvalue weighted by Gasteiger charge is -2.20. The molecule has 1 aromatic carbocycles. The highest BCUT2D eigenvalue weighted by Gasteiger charge is 2.15. The van der Waals surface area contributed by atoms with Crippen molar-refractivity contribution in [3.05, 3.63) is 23.8 Å². The van der Waals surface area contributed by atoms with Gasteiger partial charge in [0.1, 0.15) is 5.75 Å². The lowest BCUT2D eigenvalue weighted by molar-refractivity contribution is -0.116. The minimum absolute atomic E-state index is 0.0946. The molecule has 1 amide bonds. The monoisotopic (exact) mass is 233 g/mol. The Morgan fingerprint density at radius 1 is 1.29 bits per heavy atom. The first-order valence-corrected chi connectivity index (χ1v) is 6.32. The maximum atomic E-state index is 11.3. The van der Waals surface area contributed by atoms with E-state index in [4.69, 9.17) is 4.74 Å². The van der Waals surface area contributed by atoms with E-state index in [1.165, 1.54) is 5.56 Å². The van der Waals surface area contributed by atoms with Gasteiger partial charge >= 0.3 is 0 Å². The van der Waals surface area contributed by atoms with Gasteiger partial charge in [0.05, 0.1) is 6.10 Å². The van der Waals surface area contributed by atoms with Gasteiger partial charge < -0.3 is 10.1 Å². The molecule has 0 aliphatic carbocycles. The number of hydrogen-bond donors (Lipinski definition) is 1. The van der Waals surface area contributed by atoms with Crippen LogP contribution in [0.15, 0.2) is 18.2 Å². The Kier molecular flexibility index (Phi) is 3.67. The minimum atomic E-state index is 0.0946. The zero-order valence-electron chi connectivity index (χ0n) is 10.5. The van der Waals surface area contributed by atoms with Gasteiger partial charge in [0, 0.05) is 18.2 Å². The van der Waals surface area contributed by atoms with Crippen LogP contribution in [0.1, 0.15) is 38.7 Å². The van der Waals surface area contributed by atoms with Gasteiger partial charge in [-0.2, -0.15) is 0 Å². The van der Waals surface area contributed by atoms with Crippen molar-refractivity contribution >= 4 is 11.6 Å². The van der Waals surface area contributed by atoms with E-state index in [2.05, 4.69) is 19.2 Å². The van der Waals surface area contributed by atoms with Crippen molar-refractivity contribution in [2.75, 3.05) is 5.32 Å². The SMILES string of the molecule is CCC(CC)Oc1ccc2c(c1)NC(=O)CC2. The van der Waals surface area contributed by atoms with Gasteiger partial charge in [0.25, 0.3) is 0 Å². The fourth-order valence-electron chi connectivity index (χ4n) is 2.07. The standard InChI is InChI=1S/C14H19NO2/c1-3-11(4-2)17-12-7-5-10-6-8-14(16)15-13(10)9-12/h5,7,9,11H,3-4,6,8H2,1-2H3,(H,15,16). The summed E-state index contributed by atoms with van der Waals surface area (Å²) in [6.07, 6.45) is 3.67. The summed E-state index contributed by atoms with van der Waals surface area (Å²) in [4.78, 5) is 11.3. The van der Waals surface area contributed by atoms with Crippen LogP contribution in [0.3, 0.4) is 0 Å². The molecule has 1 aliphatic heterocycles. The number of rotatable bonds is 4. The summed E-state index contributed by atoms with van der Waals surface area (Å²) in [6.45, 7) is 4.24. The van der Waals surface area contributed by atoms with Gasteiger partial charge in [-0.1, -0.05) is 19.9 Å². The predicted octanol–water partition coefficient (Wildman–Crippen LogP) is 3.14. The van der Waals surface area contributed by atoms with Crippen LogP contribution in [-0.2, 0) is 11.2 Å². The molecule has 3 nitrogen and oxygen atoms in total. The normalized spacial score (nSPS) is 14.4. The molecule has 0 fully saturated rings. The molecule has 1 N–H and O–H groups in total. The average molecular weight is 233 g/mol. The first-order valence-electron chi connectivity index (χ1n) is 6.32. The number of anilines is 1. The molecule has 0 saturated carbocycles. The van der Waals surface area contributed by atoms with E-state index >= 15 is 0 Å². The highest BCUT2D eigenvalue weighted by Crippen LogP contribution is 2.28. The number of fused-ring (bicyclic) bond motifs is 1. The molecule has 1 aromatic rings. The Labute approximate surface area is 102 Å². The molecule has 0 unspecified atom stereocenters. The van der Waals surface area contributed by atoms with Crippen LogP contribution < -0.4 is 10.1 Å². The molecule has 0 spiro atoms. The third-order valence-corrected chi connectivity index (χ3v) is 3.19. The fraction of sp³-hybridized carbons (Fsp3) is 0.500. The van der Waals surface area contributed by atoms with E-state index in [1.54, 1.807) is 0 Å². The summed E-state index contributed by atoms with van der Waals surface area (Å²) >= 11 is 0. The maximum Gasteiger partial charge on any atom is 0.224 e. The number of carbonyl (C=O) groups excluding carboxylic acids is 1. The average Bonchev–Trinajstić information content (AvgIpc) is 2.35. The third-order valence-electron chi connectivity index (χ3n) is 3.19. The lowest BCUT2D eigenvalue weighted by atomic mass is 10.0. The number of hydrogen-bond acceptors (Lipinski definition) is 2. The Balaban J connectivity index is 2.15. The maximum absolute atomic E-state index is 11.3. The Bertz CT molecular complexity index is 411. The molecule has 1 heterocycles. The summed E-state index contributed by atoms with van der Waals surface area (Å²) in [7, 11) is 0. The number of benzene rings is 1. The number of nitrogens with one attached hydrogen (secondary N) is 1. The fourth-order valence-corrected chi connectivity index (χ4v) is 2.07. The molecule has 92 valence electrons. The molecule has 17 heavy (non-hydrogen) atoms. The molecular weight excluding hydrogens is 214 g/mol. The van der Waals surface area contributed by atoms with E-state index in [9.17, 15) is 4.79 Å². The van der Waals surface area contributed by atoms with Crippen LogP contribution in [0, 0.1) is 0 Å². The van der Waals surface area contributed by atoms with Crippen molar-refractivity contribution in [1.29, 1.82) is 0 Å². The van der Waals surface area contributed by atoms with E-state index in [0.717, 1.165) is 30.7 Å². The van der Waals surface area contributed by atoms with Crippen molar-refractivity contribution in [2.45, 2.75) is 45.6 Å². The highest BCUT2D eigenvalue weighted by atomic mass is 16.5. The van der Waals surface area contributed by atoms with Gasteiger partial charge in [0.2, 0.25) is 5.91 Å². The Hall–Kier alpha value is -1.51. The topological polar surface area (TPSA) is 38.3 Å². The van der Waals surface area contributed by atoms with Crippen LogP contribution in [0.2, 0.25) is 0 Å². The van der Waals surface area contributed by atoms with Crippen molar-refractivity contribution < 1.29 is 9.53 Å². The van der Waals surface area contributed by atoms with E-state index in [0.29, 0.717) is 6.42 Å². The molecule has 0 aromatic heterocycles. The van der Waals surface area contributed by atoms with Crippen molar-refractivity contribution in [2.24, 2.45) is 0 Å². The zero-order chi connectivity index (χ0) is 12.3. The van der Waals surface area contributed by atoms with Gasteiger partial charge in [-0.15, -0.1) is 0 Å². The predicted molar refractivity (Wildman–Crippen MR) is 68.4 cm³/mol. The van der Waals surface area contributed by atoms with Crippen LogP contribution in [0.4, 0.5) is 5.69 Å². The summed E-state index contributed by atoms with van der Waals surface area (Å²) in [5.41, 5.74) is 2.10. The molecule has 0 bridgehead atoms. The molecule has 3 heteroatoms. The Morgan fingerprint density at radius 3 is 2.76 bits per heavy atom. The number of carbonyl (C=O) groups is 1. The Morgan fingerprint density at radius 2 is 2.06 bits per heavy atom. The summed E-state index contributed by atoms with van der Waals surface area (Å²) in [5, 5.41) is 2.89. The van der Waals surface area contributed by atoms with E-state index < -0.39 is 0 Å². The molecule has 0 saturated heterocycles. The largest absolute Gasteiger partial charge is 0.490 e. The van der Waals surface area contributed by atoms with Gasteiger partial charge in [0.15, 0.2) is 0 Å². The van der Waals surface area contributed by atoms with E-state index in [-0.39, 0.29) is 12.0 Å². The van der Waals surface area contributed by atoms with Crippen molar-refractivity contribution in [3.8, 4) is 5.75 Å². The van der Waals surface area contributed by atoms with Crippen LogP contribution in [-0.4, -0.2) is 12.0 Å². The van der Waals surface area contributed by atoms with Gasteiger partial charge in [-0.3, -0.25) is 4.79 Å². The van der Waals surface area contributed by atoms with Crippen molar-refractivity contribution in [1.82, 2.24) is 0 Å². The summed E-state index contributed by atoms with van der Waals surface area (Å²) in [6, 6.07) is 5.98. The summed E-state index contributed by atoms with van der Waals surface area (Å²) < 4.78 is 5.86. The second kappa shape index (κ2) is 5.21. The second-order valence-electron chi connectivity index (χ2n) is 4.42. The van der Waals surface area contributed by atoms with Crippen LogP contribution in [0.5, 0.6) is 5.75 Å². The molecule has 0 atom stereocenters. The van der Waals surface area contributed by atoms with Gasteiger partial charge in [-0.05, 0) is 30.9 Å². The van der Waals surface area contributed by atoms with E-state index in [1.807, 2.05) is 18.2 Å². The van der Waals surface area contributed by atoms with Crippen molar-refractivity contribution in [3.63, 3.8) is 0 Å². The summed E-state index contributed by atoms with van der Waals surface area (Å²) in [5.74, 6) is 0.942.